The lowest BCUT2D eigenvalue weighted by molar-refractivity contribution is -0.649. The first-order chi connectivity index (χ1) is 8.84. The summed E-state index contributed by atoms with van der Waals surface area (Å²) in [5.41, 5.74) is 8.11. The summed E-state index contributed by atoms with van der Waals surface area (Å²) >= 11 is 0. The highest BCUT2D eigenvalue weighted by atomic mass is 15.1. The molecule has 0 bridgehead atoms. The molecular weight excluding hydrogens is 234 g/mol. The molecule has 0 aromatic carbocycles. The quantitative estimate of drug-likeness (QED) is 0.677. The summed E-state index contributed by atoms with van der Waals surface area (Å²) in [5, 5.41) is 0. The standard InChI is InChI=1S/C16H20N3/c1-9-7-8-12-15(17-9)19(6)13-10(2)11(3)16(4,5)14(13)18-12/h7-8H,1-6H3/q+1. The molecule has 0 aliphatic heterocycles. The largest absolute Gasteiger partial charge is 0.349 e. The van der Waals surface area contributed by atoms with E-state index in [-0.39, 0.29) is 5.41 Å². The van der Waals surface area contributed by atoms with Crippen molar-refractivity contribution in [2.24, 2.45) is 7.05 Å². The van der Waals surface area contributed by atoms with Crippen molar-refractivity contribution < 1.29 is 4.57 Å². The Balaban J connectivity index is 2.47. The number of rotatable bonds is 0. The lowest BCUT2D eigenvalue weighted by Crippen LogP contribution is -2.37. The van der Waals surface area contributed by atoms with Gasteiger partial charge in [-0.05, 0) is 36.5 Å². The Morgan fingerprint density at radius 2 is 1.74 bits per heavy atom. The van der Waals surface area contributed by atoms with Gasteiger partial charge in [0.05, 0.1) is 12.7 Å². The average molecular weight is 254 g/mol. The lowest BCUT2D eigenvalue weighted by atomic mass is 9.85. The highest BCUT2D eigenvalue weighted by Crippen LogP contribution is 2.43. The van der Waals surface area contributed by atoms with Crippen LogP contribution in [0.2, 0.25) is 0 Å². The van der Waals surface area contributed by atoms with Gasteiger partial charge in [0.1, 0.15) is 5.69 Å². The average Bonchev–Trinajstić information content (AvgIpc) is 2.53. The Morgan fingerprint density at radius 1 is 1.05 bits per heavy atom. The number of aromatic nitrogens is 3. The third-order valence-electron chi connectivity index (χ3n) is 4.55. The van der Waals surface area contributed by atoms with Crippen molar-refractivity contribution in [2.75, 3.05) is 0 Å². The molecule has 0 amide bonds. The van der Waals surface area contributed by atoms with Crippen LogP contribution in [-0.4, -0.2) is 9.97 Å². The molecule has 1 aliphatic rings. The van der Waals surface area contributed by atoms with Gasteiger partial charge in [-0.15, -0.1) is 0 Å². The van der Waals surface area contributed by atoms with E-state index < -0.39 is 0 Å². The molecule has 2 aromatic rings. The van der Waals surface area contributed by atoms with Crippen molar-refractivity contribution in [3.63, 3.8) is 0 Å². The molecular formula is C16H20N3+. The molecule has 2 aromatic heterocycles. The van der Waals surface area contributed by atoms with E-state index in [1.54, 1.807) is 0 Å². The van der Waals surface area contributed by atoms with Crippen LogP contribution in [0, 0.1) is 6.92 Å². The van der Waals surface area contributed by atoms with E-state index in [1.165, 1.54) is 22.5 Å². The fourth-order valence-electron chi connectivity index (χ4n) is 3.00. The minimum atomic E-state index is 0.0102. The zero-order valence-electron chi connectivity index (χ0n) is 12.5. The predicted molar refractivity (Wildman–Crippen MR) is 76.7 cm³/mol. The van der Waals surface area contributed by atoms with Crippen LogP contribution >= 0.6 is 0 Å². The van der Waals surface area contributed by atoms with E-state index in [9.17, 15) is 0 Å². The fraction of sp³-hybridized carbons (Fsp3) is 0.438. The summed E-state index contributed by atoms with van der Waals surface area (Å²) in [4.78, 5) is 9.52. The number of fused-ring (bicyclic) bond motifs is 2. The Bertz CT molecular complexity index is 739. The van der Waals surface area contributed by atoms with Crippen LogP contribution in [-0.2, 0) is 12.5 Å². The van der Waals surface area contributed by atoms with Gasteiger partial charge in [0.25, 0.3) is 0 Å². The molecule has 98 valence electrons. The lowest BCUT2D eigenvalue weighted by Gasteiger charge is -2.20. The second kappa shape index (κ2) is 3.62. The number of aryl methyl sites for hydroxylation is 2. The Morgan fingerprint density at radius 3 is 2.42 bits per heavy atom. The van der Waals surface area contributed by atoms with Gasteiger partial charge in [0.15, 0.2) is 11.2 Å². The van der Waals surface area contributed by atoms with Crippen LogP contribution in [0.15, 0.2) is 17.7 Å². The smallest absolute Gasteiger partial charge is 0.239 e. The number of pyridine rings is 1. The van der Waals surface area contributed by atoms with Gasteiger partial charge in [0, 0.05) is 12.3 Å². The van der Waals surface area contributed by atoms with Crippen LogP contribution < -0.4 is 4.57 Å². The van der Waals surface area contributed by atoms with E-state index in [4.69, 9.17) is 4.98 Å². The van der Waals surface area contributed by atoms with E-state index in [0.29, 0.717) is 0 Å². The van der Waals surface area contributed by atoms with Gasteiger partial charge >= 0.3 is 5.65 Å². The monoisotopic (exact) mass is 254 g/mol. The van der Waals surface area contributed by atoms with Crippen molar-refractivity contribution in [1.29, 1.82) is 0 Å². The van der Waals surface area contributed by atoms with Crippen LogP contribution in [0.25, 0.3) is 16.7 Å². The van der Waals surface area contributed by atoms with Crippen molar-refractivity contribution >= 4 is 16.7 Å². The highest BCUT2D eigenvalue weighted by molar-refractivity contribution is 5.77. The molecule has 19 heavy (non-hydrogen) atoms. The maximum Gasteiger partial charge on any atom is 0.349 e. The second-order valence-electron chi connectivity index (χ2n) is 6.04. The zero-order chi connectivity index (χ0) is 13.9. The maximum absolute atomic E-state index is 4.89. The predicted octanol–water partition coefficient (Wildman–Crippen LogP) is 2.85. The summed E-state index contributed by atoms with van der Waals surface area (Å²) in [6, 6.07) is 4.09. The van der Waals surface area contributed by atoms with Crippen molar-refractivity contribution in [1.82, 2.24) is 9.97 Å². The summed E-state index contributed by atoms with van der Waals surface area (Å²) < 4.78 is 2.19. The van der Waals surface area contributed by atoms with Crippen LogP contribution in [0.5, 0.6) is 0 Å². The van der Waals surface area contributed by atoms with Gasteiger partial charge in [-0.1, -0.05) is 19.4 Å². The molecule has 3 rings (SSSR count). The molecule has 0 N–H and O–H groups in total. The third kappa shape index (κ3) is 1.47. The fourth-order valence-corrected chi connectivity index (χ4v) is 3.00. The summed E-state index contributed by atoms with van der Waals surface area (Å²) in [7, 11) is 2.09. The topological polar surface area (TPSA) is 29.7 Å². The number of hydrogen-bond donors (Lipinski definition) is 0. The minimum Gasteiger partial charge on any atom is -0.239 e. The van der Waals surface area contributed by atoms with Gasteiger partial charge in [-0.3, -0.25) is 0 Å². The van der Waals surface area contributed by atoms with Gasteiger partial charge in [-0.2, -0.15) is 0 Å². The molecule has 3 nitrogen and oxygen atoms in total. The Hall–Kier alpha value is -1.77. The second-order valence-corrected chi connectivity index (χ2v) is 6.04. The first-order valence-electron chi connectivity index (χ1n) is 6.70. The van der Waals surface area contributed by atoms with E-state index in [0.717, 1.165) is 16.9 Å². The minimum absolute atomic E-state index is 0.0102. The molecule has 2 heterocycles. The Labute approximate surface area is 114 Å². The van der Waals surface area contributed by atoms with Gasteiger partial charge in [-0.25, -0.2) is 9.55 Å². The first kappa shape index (κ1) is 12.3. The molecule has 1 aliphatic carbocycles. The van der Waals surface area contributed by atoms with E-state index in [1.807, 2.05) is 13.0 Å². The SMILES string of the molecule is CC1=C(C)C(C)(C)c2nc3ccc(C)nc3[n+](C)c21. The van der Waals surface area contributed by atoms with Gasteiger partial charge in [0.2, 0.25) is 0 Å². The van der Waals surface area contributed by atoms with Crippen LogP contribution in [0.3, 0.4) is 0 Å². The van der Waals surface area contributed by atoms with Crippen molar-refractivity contribution in [3.8, 4) is 0 Å². The van der Waals surface area contributed by atoms with Gasteiger partial charge < -0.3 is 0 Å². The molecule has 0 radical (unpaired) electrons. The normalized spacial score (nSPS) is 17.2. The summed E-state index contributed by atoms with van der Waals surface area (Å²) in [6.07, 6.45) is 0. The third-order valence-corrected chi connectivity index (χ3v) is 4.55. The van der Waals surface area contributed by atoms with E-state index >= 15 is 0 Å². The molecule has 0 saturated heterocycles. The number of hydrogen-bond acceptors (Lipinski definition) is 2. The van der Waals surface area contributed by atoms with Crippen molar-refractivity contribution in [2.45, 2.75) is 40.0 Å². The molecule has 0 unspecified atom stereocenters. The zero-order valence-corrected chi connectivity index (χ0v) is 12.5. The summed E-state index contributed by atoms with van der Waals surface area (Å²) in [5.74, 6) is 0. The Kier molecular flexibility index (Phi) is 2.34. The van der Waals surface area contributed by atoms with Crippen LogP contribution in [0.4, 0.5) is 0 Å². The molecule has 0 spiro atoms. The highest BCUT2D eigenvalue weighted by Gasteiger charge is 2.39. The summed E-state index contributed by atoms with van der Waals surface area (Å²) in [6.45, 7) is 10.9. The molecule has 0 saturated carbocycles. The van der Waals surface area contributed by atoms with Crippen LogP contribution in [0.1, 0.15) is 44.8 Å². The molecule has 0 fully saturated rings. The number of allylic oxidation sites excluding steroid dienone is 2. The molecule has 3 heteroatoms. The van der Waals surface area contributed by atoms with Crippen molar-refractivity contribution in [3.05, 3.63) is 34.8 Å². The first-order valence-corrected chi connectivity index (χ1v) is 6.70. The maximum atomic E-state index is 4.89. The molecule has 0 atom stereocenters. The number of nitrogens with zero attached hydrogens (tertiary/aromatic N) is 3. The van der Waals surface area contributed by atoms with E-state index in [2.05, 4.69) is 50.4 Å².